The fraction of sp³-hybridized carbons (Fsp3) is 0.200. The van der Waals surface area contributed by atoms with Crippen molar-refractivity contribution in [3.8, 4) is 11.5 Å². The molecule has 0 bridgehead atoms. The molecule has 0 aliphatic heterocycles. The summed E-state index contributed by atoms with van der Waals surface area (Å²) >= 11 is 3.26. The van der Waals surface area contributed by atoms with E-state index in [-0.39, 0.29) is 6.61 Å². The number of primary amides is 1. The number of amides is 1. The molecule has 17 heavy (non-hydrogen) atoms. The summed E-state index contributed by atoms with van der Waals surface area (Å²) in [6.07, 6.45) is 1.24. The second-order valence-corrected chi connectivity index (χ2v) is 3.88. The fourth-order valence-electron chi connectivity index (χ4n) is 1.13. The number of halogens is 1. The lowest BCUT2D eigenvalue weighted by Gasteiger charge is -2.11. The van der Waals surface area contributed by atoms with E-state index < -0.39 is 5.91 Å². The molecule has 0 heterocycles. The summed E-state index contributed by atoms with van der Waals surface area (Å²) in [6.45, 7) is -0.240. The first-order valence-corrected chi connectivity index (χ1v) is 5.34. The van der Waals surface area contributed by atoms with Crippen molar-refractivity contribution in [2.75, 3.05) is 13.7 Å². The van der Waals surface area contributed by atoms with E-state index in [0.717, 1.165) is 0 Å². The first kappa shape index (κ1) is 13.3. The average molecular weight is 303 g/mol. The quantitative estimate of drug-likeness (QED) is 0.484. The predicted molar refractivity (Wildman–Crippen MR) is 64.8 cm³/mol. The molecule has 7 heteroatoms. The molecule has 0 fully saturated rings. The maximum Gasteiger partial charge on any atom is 0.255 e. The number of oxime groups is 1. The molecule has 0 aromatic heterocycles. The van der Waals surface area contributed by atoms with Gasteiger partial charge in [0.1, 0.15) is 0 Å². The Labute approximate surface area is 106 Å². The first-order chi connectivity index (χ1) is 8.08. The monoisotopic (exact) mass is 302 g/mol. The molecule has 1 aromatic rings. The van der Waals surface area contributed by atoms with Crippen molar-refractivity contribution in [2.24, 2.45) is 10.9 Å². The molecule has 6 nitrogen and oxygen atoms in total. The molecule has 1 amide bonds. The van der Waals surface area contributed by atoms with Crippen molar-refractivity contribution >= 4 is 28.1 Å². The lowest BCUT2D eigenvalue weighted by molar-refractivity contribution is -0.119. The van der Waals surface area contributed by atoms with E-state index in [9.17, 15) is 4.79 Å². The number of ether oxygens (including phenoxy) is 2. The number of hydrogen-bond donors (Lipinski definition) is 2. The molecule has 0 aliphatic carbocycles. The number of rotatable bonds is 5. The number of nitrogens with two attached hydrogens (primary N) is 1. The number of benzene rings is 1. The molecule has 0 aliphatic rings. The Kier molecular flexibility index (Phi) is 4.77. The van der Waals surface area contributed by atoms with Crippen LogP contribution < -0.4 is 15.2 Å². The van der Waals surface area contributed by atoms with Gasteiger partial charge < -0.3 is 20.4 Å². The van der Waals surface area contributed by atoms with Crippen LogP contribution in [0.4, 0.5) is 0 Å². The minimum absolute atomic E-state index is 0.240. The number of methoxy groups -OCH3 is 1. The van der Waals surface area contributed by atoms with E-state index in [1.165, 1.54) is 13.3 Å². The summed E-state index contributed by atoms with van der Waals surface area (Å²) in [6, 6.07) is 3.19. The van der Waals surface area contributed by atoms with Crippen molar-refractivity contribution < 1.29 is 19.5 Å². The first-order valence-electron chi connectivity index (χ1n) is 4.54. The third kappa shape index (κ3) is 3.63. The van der Waals surface area contributed by atoms with Gasteiger partial charge in [0.2, 0.25) is 0 Å². The Hall–Kier alpha value is -1.76. The molecule has 92 valence electrons. The molecule has 0 saturated carbocycles. The van der Waals surface area contributed by atoms with E-state index in [4.69, 9.17) is 20.4 Å². The Morgan fingerprint density at radius 3 is 2.82 bits per heavy atom. The highest BCUT2D eigenvalue weighted by atomic mass is 79.9. The SMILES string of the molecule is COc1cc(C=NO)c(Br)cc1OCC(N)=O. The molecule has 0 saturated heterocycles. The molecule has 0 spiro atoms. The van der Waals surface area contributed by atoms with Gasteiger partial charge in [0.05, 0.1) is 13.3 Å². The van der Waals surface area contributed by atoms with Gasteiger partial charge in [-0.25, -0.2) is 0 Å². The summed E-state index contributed by atoms with van der Waals surface area (Å²) in [5.74, 6) is 0.196. The highest BCUT2D eigenvalue weighted by molar-refractivity contribution is 9.10. The van der Waals surface area contributed by atoms with E-state index in [1.807, 2.05) is 0 Å². The molecule has 0 unspecified atom stereocenters. The average Bonchev–Trinajstić information content (AvgIpc) is 2.29. The van der Waals surface area contributed by atoms with Crippen LogP contribution in [0.5, 0.6) is 11.5 Å². The third-order valence-corrected chi connectivity index (χ3v) is 2.54. The Bertz CT molecular complexity index is 448. The second-order valence-electron chi connectivity index (χ2n) is 3.02. The lowest BCUT2D eigenvalue weighted by Crippen LogP contribution is -2.20. The van der Waals surface area contributed by atoms with Gasteiger partial charge in [0, 0.05) is 10.0 Å². The van der Waals surface area contributed by atoms with Gasteiger partial charge in [-0.05, 0) is 28.1 Å². The summed E-state index contributed by atoms with van der Waals surface area (Å²) in [4.78, 5) is 10.6. The number of carbonyl (C=O) groups is 1. The Morgan fingerprint density at radius 1 is 1.59 bits per heavy atom. The van der Waals surface area contributed by atoms with Crippen molar-refractivity contribution in [3.63, 3.8) is 0 Å². The number of nitrogens with zero attached hydrogens (tertiary/aromatic N) is 1. The van der Waals surface area contributed by atoms with E-state index >= 15 is 0 Å². The fourth-order valence-corrected chi connectivity index (χ4v) is 1.56. The molecule has 3 N–H and O–H groups in total. The highest BCUT2D eigenvalue weighted by Gasteiger charge is 2.10. The molecule has 1 aromatic carbocycles. The van der Waals surface area contributed by atoms with Crippen LogP contribution in [-0.4, -0.2) is 31.0 Å². The lowest BCUT2D eigenvalue weighted by atomic mass is 10.2. The summed E-state index contributed by atoms with van der Waals surface area (Å²) in [5.41, 5.74) is 5.58. The zero-order chi connectivity index (χ0) is 12.8. The zero-order valence-electron chi connectivity index (χ0n) is 9.01. The van der Waals surface area contributed by atoms with Gasteiger partial charge in [-0.3, -0.25) is 4.79 Å². The maximum atomic E-state index is 10.6. The van der Waals surface area contributed by atoms with E-state index in [0.29, 0.717) is 21.5 Å². The largest absolute Gasteiger partial charge is 0.493 e. The van der Waals surface area contributed by atoms with Crippen LogP contribution in [0.25, 0.3) is 0 Å². The van der Waals surface area contributed by atoms with Crippen LogP contribution in [0.2, 0.25) is 0 Å². The van der Waals surface area contributed by atoms with Crippen molar-refractivity contribution in [2.45, 2.75) is 0 Å². The van der Waals surface area contributed by atoms with Crippen molar-refractivity contribution in [1.82, 2.24) is 0 Å². The smallest absolute Gasteiger partial charge is 0.255 e. The van der Waals surface area contributed by atoms with Crippen LogP contribution in [0.1, 0.15) is 5.56 Å². The van der Waals surface area contributed by atoms with Crippen LogP contribution in [0.15, 0.2) is 21.8 Å². The standard InChI is InChI=1S/C10H11BrN2O4/c1-16-8-2-6(4-13-15)7(11)3-9(8)17-5-10(12)14/h2-4,15H,5H2,1H3,(H2,12,14). The van der Waals surface area contributed by atoms with Gasteiger partial charge in [0.25, 0.3) is 5.91 Å². The highest BCUT2D eigenvalue weighted by Crippen LogP contribution is 2.32. The predicted octanol–water partition coefficient (Wildman–Crippen LogP) is 1.13. The van der Waals surface area contributed by atoms with E-state index in [1.54, 1.807) is 12.1 Å². The third-order valence-electron chi connectivity index (χ3n) is 1.85. The normalized spacial score (nSPS) is 10.5. The van der Waals surface area contributed by atoms with Crippen LogP contribution in [-0.2, 0) is 4.79 Å². The maximum absolute atomic E-state index is 10.6. The zero-order valence-corrected chi connectivity index (χ0v) is 10.6. The summed E-state index contributed by atoms with van der Waals surface area (Å²) < 4.78 is 10.9. The van der Waals surface area contributed by atoms with Gasteiger partial charge in [-0.2, -0.15) is 0 Å². The second kappa shape index (κ2) is 6.09. The van der Waals surface area contributed by atoms with Gasteiger partial charge in [0.15, 0.2) is 18.1 Å². The summed E-state index contributed by atoms with van der Waals surface area (Å²) in [5, 5.41) is 11.4. The van der Waals surface area contributed by atoms with E-state index in [2.05, 4.69) is 21.1 Å². The van der Waals surface area contributed by atoms with Crippen LogP contribution in [0, 0.1) is 0 Å². The molecule has 0 radical (unpaired) electrons. The van der Waals surface area contributed by atoms with Crippen LogP contribution >= 0.6 is 15.9 Å². The van der Waals surface area contributed by atoms with Crippen LogP contribution in [0.3, 0.4) is 0 Å². The molecular weight excluding hydrogens is 292 g/mol. The molecule has 0 atom stereocenters. The minimum atomic E-state index is -0.579. The van der Waals surface area contributed by atoms with Crippen molar-refractivity contribution in [1.29, 1.82) is 0 Å². The Balaban J connectivity index is 3.05. The van der Waals surface area contributed by atoms with Gasteiger partial charge in [-0.1, -0.05) is 5.16 Å². The summed E-state index contributed by atoms with van der Waals surface area (Å²) in [7, 11) is 1.46. The minimum Gasteiger partial charge on any atom is -0.493 e. The van der Waals surface area contributed by atoms with Crippen molar-refractivity contribution in [3.05, 3.63) is 22.2 Å². The number of carbonyl (C=O) groups excluding carboxylic acids is 1. The Morgan fingerprint density at radius 2 is 2.29 bits per heavy atom. The topological polar surface area (TPSA) is 94.1 Å². The molecular formula is C10H11BrN2O4. The number of hydrogen-bond acceptors (Lipinski definition) is 5. The van der Waals surface area contributed by atoms with Gasteiger partial charge in [-0.15, -0.1) is 0 Å². The molecule has 1 rings (SSSR count). The van der Waals surface area contributed by atoms with Gasteiger partial charge >= 0.3 is 0 Å².